The van der Waals surface area contributed by atoms with Crippen molar-refractivity contribution in [2.24, 2.45) is 4.99 Å². The van der Waals surface area contributed by atoms with E-state index in [0.717, 1.165) is 0 Å². The highest BCUT2D eigenvalue weighted by atomic mass is 16.1. The Morgan fingerprint density at radius 1 is 1.05 bits per heavy atom. The summed E-state index contributed by atoms with van der Waals surface area (Å²) in [6, 6.07) is 8.60. The molecule has 2 rings (SSSR count). The van der Waals surface area contributed by atoms with Crippen LogP contribution in [0.15, 0.2) is 29.3 Å². The summed E-state index contributed by atoms with van der Waals surface area (Å²) in [7, 11) is 3.53. The van der Waals surface area contributed by atoms with Gasteiger partial charge in [-0.2, -0.15) is 0 Å². The molecule has 1 aromatic carbocycles. The van der Waals surface area contributed by atoms with E-state index in [-0.39, 0.29) is 0 Å². The smallest absolute Gasteiger partial charge is 0.234 e. The van der Waals surface area contributed by atoms with E-state index in [0.29, 0.717) is 0 Å². The summed E-state index contributed by atoms with van der Waals surface area (Å²) in [5.41, 5.74) is 2.90. The highest BCUT2D eigenvalue weighted by molar-refractivity contribution is 5.56. The van der Waals surface area contributed by atoms with Crippen LogP contribution in [0.4, 0.5) is 5.69 Å². The number of aliphatic imine (C=N–C) groups is 1. The average Bonchev–Trinajstić information content (AvgIpc) is 2.95. The van der Waals surface area contributed by atoms with Gasteiger partial charge in [-0.15, -0.1) is 0 Å². The molecule has 0 aromatic heterocycles. The third-order valence-corrected chi connectivity index (χ3v) is 2.21. The summed E-state index contributed by atoms with van der Waals surface area (Å²) in [5.74, 6) is 0. The molecule has 3 heteroatoms. The number of hydrogen-bond acceptors (Lipinski definition) is 3. The highest BCUT2D eigenvalue weighted by Gasteiger charge is 2.12. The first-order chi connectivity index (χ1) is 9.79. The number of anilines is 1. The number of rotatable bonds is 0. The van der Waals surface area contributed by atoms with Gasteiger partial charge < -0.3 is 4.90 Å². The summed E-state index contributed by atoms with van der Waals surface area (Å²) in [6.07, 6.45) is 2.52. The first-order valence-corrected chi connectivity index (χ1v) is 7.54. The van der Waals surface area contributed by atoms with Crippen molar-refractivity contribution in [3.05, 3.63) is 29.8 Å². The predicted molar refractivity (Wildman–Crippen MR) is 91.5 cm³/mol. The summed E-state index contributed by atoms with van der Waals surface area (Å²) < 4.78 is 0. The van der Waals surface area contributed by atoms with Crippen LogP contribution in [0.3, 0.4) is 0 Å². The maximum Gasteiger partial charge on any atom is 0.234 e. The Balaban J connectivity index is -0.000000247. The molecule has 0 N–H and O–H groups in total. The Kier molecular flexibility index (Phi) is 23.2. The number of fused-ring (bicyclic) bond motifs is 1. The summed E-state index contributed by atoms with van der Waals surface area (Å²) in [4.78, 5) is 14.1. The minimum absolute atomic E-state index is 1.18. The lowest BCUT2D eigenvalue weighted by Gasteiger charge is -2.10. The van der Waals surface area contributed by atoms with Crippen molar-refractivity contribution in [1.82, 2.24) is 0 Å². The molecular formula is C17H32N2O. The molecule has 20 heavy (non-hydrogen) atoms. The van der Waals surface area contributed by atoms with Crippen LogP contribution in [0.5, 0.6) is 0 Å². The van der Waals surface area contributed by atoms with E-state index >= 15 is 0 Å². The molecule has 1 aromatic rings. The molecule has 116 valence electrons. The molecular weight excluding hydrogens is 248 g/mol. The van der Waals surface area contributed by atoms with Gasteiger partial charge in [0.2, 0.25) is 6.08 Å². The maximum atomic E-state index is 8.88. The van der Waals surface area contributed by atoms with Gasteiger partial charge in [0.05, 0.1) is 0 Å². The van der Waals surface area contributed by atoms with Gasteiger partial charge in [-0.25, -0.2) is 9.79 Å². The summed E-state index contributed by atoms with van der Waals surface area (Å²) >= 11 is 0. The largest absolute Gasteiger partial charge is 0.374 e. The van der Waals surface area contributed by atoms with Crippen molar-refractivity contribution >= 4 is 11.8 Å². The van der Waals surface area contributed by atoms with E-state index in [2.05, 4.69) is 41.2 Å². The number of likely N-dealkylation sites (N-methyl/N-ethyl adjacent to an activating group) is 1. The topological polar surface area (TPSA) is 32.7 Å². The van der Waals surface area contributed by atoms with Crippen LogP contribution in [0.25, 0.3) is 0 Å². The quantitative estimate of drug-likeness (QED) is 0.509. The molecule has 1 aliphatic rings. The van der Waals surface area contributed by atoms with E-state index in [1.807, 2.05) is 41.5 Å². The number of benzene rings is 1. The molecule has 0 fully saturated rings. The molecule has 0 bridgehead atoms. The molecule has 1 aliphatic heterocycles. The molecule has 0 unspecified atom stereocenters. The third-order valence-electron chi connectivity index (χ3n) is 2.21. The number of carbonyl (C=O) groups excluding carboxylic acids is 1. The predicted octanol–water partition coefficient (Wildman–Crippen LogP) is 4.71. The van der Waals surface area contributed by atoms with E-state index in [4.69, 9.17) is 4.79 Å². The van der Waals surface area contributed by atoms with Gasteiger partial charge in [-0.05, 0) is 18.1 Å². The fourth-order valence-electron chi connectivity index (χ4n) is 1.50. The van der Waals surface area contributed by atoms with Crippen LogP contribution in [-0.2, 0) is 11.2 Å². The van der Waals surface area contributed by atoms with Gasteiger partial charge in [-0.3, -0.25) is 0 Å². The van der Waals surface area contributed by atoms with Gasteiger partial charge in [0, 0.05) is 26.3 Å². The second-order valence-corrected chi connectivity index (χ2v) is 3.12. The van der Waals surface area contributed by atoms with Gasteiger partial charge in [0.1, 0.15) is 0 Å². The standard InChI is InChI=1S/C9H11N.C2H3NO.3C2H6/c1-10-7-6-8-4-2-3-5-9(8)10;1-3-2-4;3*1-2/h2-5H,6-7H2,1H3;1H3;3*1-2H3. The Morgan fingerprint density at radius 2 is 1.50 bits per heavy atom. The van der Waals surface area contributed by atoms with Crippen LogP contribution in [0, 0.1) is 0 Å². The number of isocyanates is 1. The minimum atomic E-state index is 1.18. The Hall–Kier alpha value is -1.60. The summed E-state index contributed by atoms with van der Waals surface area (Å²) in [5, 5.41) is 0. The zero-order valence-corrected chi connectivity index (χ0v) is 14.5. The van der Waals surface area contributed by atoms with Crippen molar-refractivity contribution < 1.29 is 4.79 Å². The molecule has 0 radical (unpaired) electrons. The Morgan fingerprint density at radius 3 is 1.90 bits per heavy atom. The SMILES string of the molecule is CC.CC.CC.CN1CCc2ccccc21.CN=C=O. The van der Waals surface area contributed by atoms with Crippen LogP contribution in [0.1, 0.15) is 47.1 Å². The summed E-state index contributed by atoms with van der Waals surface area (Å²) in [6.45, 7) is 13.2. The molecule has 3 nitrogen and oxygen atoms in total. The van der Waals surface area contributed by atoms with Crippen molar-refractivity contribution in [2.45, 2.75) is 48.0 Å². The molecule has 0 saturated carbocycles. The molecule has 0 atom stereocenters. The molecule has 0 aliphatic carbocycles. The fraction of sp³-hybridized carbons (Fsp3) is 0.588. The number of hydrogen-bond donors (Lipinski definition) is 0. The van der Waals surface area contributed by atoms with Gasteiger partial charge in [-0.1, -0.05) is 59.7 Å². The molecule has 0 saturated heterocycles. The fourth-order valence-corrected chi connectivity index (χ4v) is 1.50. The lowest BCUT2D eigenvalue weighted by molar-refractivity contribution is 0.564. The second-order valence-electron chi connectivity index (χ2n) is 3.12. The lowest BCUT2D eigenvalue weighted by Crippen LogP contribution is -2.12. The van der Waals surface area contributed by atoms with Crippen LogP contribution < -0.4 is 4.90 Å². The molecule has 0 spiro atoms. The zero-order valence-electron chi connectivity index (χ0n) is 14.5. The van der Waals surface area contributed by atoms with E-state index in [1.54, 1.807) is 0 Å². The van der Waals surface area contributed by atoms with E-state index in [9.17, 15) is 0 Å². The highest BCUT2D eigenvalue weighted by Crippen LogP contribution is 2.25. The van der Waals surface area contributed by atoms with Crippen molar-refractivity contribution in [3.63, 3.8) is 0 Å². The van der Waals surface area contributed by atoms with Gasteiger partial charge in [0.15, 0.2) is 0 Å². The normalized spacial score (nSPS) is 9.50. The van der Waals surface area contributed by atoms with Crippen molar-refractivity contribution in [1.29, 1.82) is 0 Å². The zero-order chi connectivity index (χ0) is 16.4. The Labute approximate surface area is 125 Å². The Bertz CT molecular complexity index is 345. The average molecular weight is 280 g/mol. The van der Waals surface area contributed by atoms with Crippen LogP contribution in [0.2, 0.25) is 0 Å². The van der Waals surface area contributed by atoms with E-state index in [1.165, 1.54) is 37.3 Å². The lowest BCUT2D eigenvalue weighted by atomic mass is 10.2. The van der Waals surface area contributed by atoms with Crippen LogP contribution in [-0.4, -0.2) is 26.7 Å². The minimum Gasteiger partial charge on any atom is -0.374 e. The third kappa shape index (κ3) is 10.3. The maximum absolute atomic E-state index is 8.88. The van der Waals surface area contributed by atoms with E-state index < -0.39 is 0 Å². The van der Waals surface area contributed by atoms with Gasteiger partial charge >= 0.3 is 0 Å². The first-order valence-electron chi connectivity index (χ1n) is 7.54. The van der Waals surface area contributed by atoms with Crippen molar-refractivity contribution in [2.75, 3.05) is 25.5 Å². The number of para-hydroxylation sites is 1. The van der Waals surface area contributed by atoms with Crippen LogP contribution >= 0.6 is 0 Å². The first kappa shape index (κ1) is 23.5. The monoisotopic (exact) mass is 280 g/mol. The molecule has 0 amide bonds. The molecule has 1 heterocycles. The number of nitrogens with zero attached hydrogens (tertiary/aromatic N) is 2. The van der Waals surface area contributed by atoms with Gasteiger partial charge in [0.25, 0.3) is 0 Å². The second kappa shape index (κ2) is 19.7. The van der Waals surface area contributed by atoms with Crippen molar-refractivity contribution in [3.8, 4) is 0 Å².